The number of carbonyl (C=O) groups excluding carboxylic acids is 1. The largest absolute Gasteiger partial charge is 0.489 e. The highest BCUT2D eigenvalue weighted by molar-refractivity contribution is 6.30. The first-order valence-corrected chi connectivity index (χ1v) is 8.83. The number of halogens is 1. The molecule has 1 aromatic rings. The van der Waals surface area contributed by atoms with Gasteiger partial charge in [0.25, 0.3) is 0 Å². The van der Waals surface area contributed by atoms with E-state index in [2.05, 4.69) is 20.9 Å². The molecule has 6 nitrogen and oxygen atoms in total. The highest BCUT2D eigenvalue weighted by atomic mass is 35.5. The standard InChI is InChI=1S/C18H29ClN4O2/c1-6-21-17(23-12-18(3,4)16(24)20-5)22-11-13(2)25-15-9-7-14(19)8-10-15/h7-10,13H,6,11-12H2,1-5H3,(H,20,24)(H2,21,22,23). The van der Waals surface area contributed by atoms with Crippen molar-refractivity contribution in [2.75, 3.05) is 26.7 Å². The Bertz CT molecular complexity index is 573. The Morgan fingerprint density at radius 1 is 1.28 bits per heavy atom. The summed E-state index contributed by atoms with van der Waals surface area (Å²) in [4.78, 5) is 16.4. The minimum Gasteiger partial charge on any atom is -0.489 e. The lowest BCUT2D eigenvalue weighted by Crippen LogP contribution is -2.43. The fourth-order valence-corrected chi connectivity index (χ4v) is 2.18. The van der Waals surface area contributed by atoms with Crippen molar-refractivity contribution in [2.24, 2.45) is 10.4 Å². The number of aliphatic imine (C=N–C) groups is 1. The first-order chi connectivity index (χ1) is 11.8. The molecule has 0 aromatic heterocycles. The Labute approximate surface area is 155 Å². The van der Waals surface area contributed by atoms with Gasteiger partial charge in [0, 0.05) is 18.6 Å². The molecule has 1 aromatic carbocycles. The van der Waals surface area contributed by atoms with Gasteiger partial charge in [0.2, 0.25) is 5.91 Å². The van der Waals surface area contributed by atoms with Crippen molar-refractivity contribution >= 4 is 23.5 Å². The van der Waals surface area contributed by atoms with E-state index >= 15 is 0 Å². The van der Waals surface area contributed by atoms with Crippen LogP contribution in [0.3, 0.4) is 0 Å². The minimum absolute atomic E-state index is 0.0356. The molecule has 0 aliphatic rings. The molecule has 140 valence electrons. The second-order valence-electron chi connectivity index (χ2n) is 6.42. The molecule has 0 saturated heterocycles. The van der Waals surface area contributed by atoms with Crippen LogP contribution in [0.4, 0.5) is 0 Å². The van der Waals surface area contributed by atoms with Crippen LogP contribution in [-0.4, -0.2) is 44.7 Å². The van der Waals surface area contributed by atoms with Gasteiger partial charge in [-0.25, -0.2) is 0 Å². The Balaban J connectivity index is 2.57. The summed E-state index contributed by atoms with van der Waals surface area (Å²) in [5, 5.41) is 9.75. The van der Waals surface area contributed by atoms with Crippen LogP contribution in [0.25, 0.3) is 0 Å². The van der Waals surface area contributed by atoms with Crippen molar-refractivity contribution in [3.8, 4) is 5.75 Å². The van der Waals surface area contributed by atoms with Crippen molar-refractivity contribution in [3.63, 3.8) is 0 Å². The molecule has 1 atom stereocenters. The van der Waals surface area contributed by atoms with Crippen LogP contribution < -0.4 is 20.7 Å². The number of amides is 1. The third kappa shape index (κ3) is 7.65. The van der Waals surface area contributed by atoms with E-state index in [9.17, 15) is 4.79 Å². The van der Waals surface area contributed by atoms with E-state index in [4.69, 9.17) is 16.3 Å². The van der Waals surface area contributed by atoms with Gasteiger partial charge in [-0.2, -0.15) is 0 Å². The van der Waals surface area contributed by atoms with Crippen molar-refractivity contribution in [1.29, 1.82) is 0 Å². The first-order valence-electron chi connectivity index (χ1n) is 8.45. The molecule has 0 bridgehead atoms. The van der Waals surface area contributed by atoms with Crippen LogP contribution >= 0.6 is 11.6 Å². The monoisotopic (exact) mass is 368 g/mol. The summed E-state index contributed by atoms with van der Waals surface area (Å²) >= 11 is 5.87. The fourth-order valence-electron chi connectivity index (χ4n) is 2.06. The average Bonchev–Trinajstić information content (AvgIpc) is 2.58. The van der Waals surface area contributed by atoms with Gasteiger partial charge in [-0.1, -0.05) is 11.6 Å². The Morgan fingerprint density at radius 2 is 1.92 bits per heavy atom. The van der Waals surface area contributed by atoms with Crippen molar-refractivity contribution in [3.05, 3.63) is 29.3 Å². The lowest BCUT2D eigenvalue weighted by Gasteiger charge is -2.22. The predicted octanol–water partition coefficient (Wildman–Crippen LogP) is 2.43. The molecule has 0 radical (unpaired) electrons. The van der Waals surface area contributed by atoms with E-state index < -0.39 is 5.41 Å². The number of hydrogen-bond acceptors (Lipinski definition) is 3. The molecule has 0 aliphatic carbocycles. The summed E-state index contributed by atoms with van der Waals surface area (Å²) in [5.41, 5.74) is -0.567. The number of ether oxygens (including phenoxy) is 1. The summed E-state index contributed by atoms with van der Waals surface area (Å²) < 4.78 is 5.83. The second kappa shape index (κ2) is 10.1. The first kappa shape index (κ1) is 21.1. The number of carbonyl (C=O) groups is 1. The number of guanidine groups is 1. The fraction of sp³-hybridized carbons (Fsp3) is 0.556. The highest BCUT2D eigenvalue weighted by Gasteiger charge is 2.26. The Morgan fingerprint density at radius 3 is 2.48 bits per heavy atom. The summed E-state index contributed by atoms with van der Waals surface area (Å²) in [5.74, 6) is 1.39. The quantitative estimate of drug-likeness (QED) is 0.486. The Kier molecular flexibility index (Phi) is 8.55. The summed E-state index contributed by atoms with van der Waals surface area (Å²) in [7, 11) is 1.63. The van der Waals surface area contributed by atoms with Crippen LogP contribution in [0.1, 0.15) is 27.7 Å². The van der Waals surface area contributed by atoms with Crippen molar-refractivity contribution in [2.45, 2.75) is 33.8 Å². The number of rotatable bonds is 8. The maximum Gasteiger partial charge on any atom is 0.227 e. The van der Waals surface area contributed by atoms with Gasteiger partial charge in [0.1, 0.15) is 11.9 Å². The van der Waals surface area contributed by atoms with Crippen LogP contribution in [0, 0.1) is 5.41 Å². The lowest BCUT2D eigenvalue weighted by molar-refractivity contribution is -0.128. The topological polar surface area (TPSA) is 74.8 Å². The smallest absolute Gasteiger partial charge is 0.227 e. The third-order valence-corrected chi connectivity index (χ3v) is 3.78. The summed E-state index contributed by atoms with van der Waals surface area (Å²) in [6.45, 7) is 9.40. The van der Waals surface area contributed by atoms with Gasteiger partial charge in [-0.3, -0.25) is 9.79 Å². The van der Waals surface area contributed by atoms with Gasteiger partial charge in [-0.15, -0.1) is 0 Å². The second-order valence-corrected chi connectivity index (χ2v) is 6.86. The SMILES string of the molecule is CCNC(=NCC(C)(C)C(=O)NC)NCC(C)Oc1ccc(Cl)cc1. The zero-order valence-electron chi connectivity index (χ0n) is 15.6. The van der Waals surface area contributed by atoms with Gasteiger partial charge in [0.05, 0.1) is 18.5 Å². The van der Waals surface area contributed by atoms with E-state index in [-0.39, 0.29) is 12.0 Å². The molecule has 0 aliphatic heterocycles. The van der Waals surface area contributed by atoms with Crippen molar-refractivity contribution < 1.29 is 9.53 Å². The summed E-state index contributed by atoms with van der Waals surface area (Å²) in [6.07, 6.45) is -0.0583. The highest BCUT2D eigenvalue weighted by Crippen LogP contribution is 2.17. The van der Waals surface area contributed by atoms with Crippen LogP contribution in [0.15, 0.2) is 29.3 Å². The minimum atomic E-state index is -0.567. The molecule has 0 saturated carbocycles. The average molecular weight is 369 g/mol. The van der Waals surface area contributed by atoms with E-state index in [1.54, 1.807) is 19.2 Å². The van der Waals surface area contributed by atoms with Gasteiger partial charge < -0.3 is 20.7 Å². The Hall–Kier alpha value is -1.95. The van der Waals surface area contributed by atoms with E-state index in [1.165, 1.54) is 0 Å². The van der Waals surface area contributed by atoms with Crippen molar-refractivity contribution in [1.82, 2.24) is 16.0 Å². The maximum atomic E-state index is 11.8. The zero-order chi connectivity index (χ0) is 18.9. The normalized spacial score (nSPS) is 13.1. The number of hydrogen-bond donors (Lipinski definition) is 3. The number of nitrogens with zero attached hydrogens (tertiary/aromatic N) is 1. The molecule has 25 heavy (non-hydrogen) atoms. The number of benzene rings is 1. The third-order valence-electron chi connectivity index (χ3n) is 3.53. The molecule has 1 rings (SSSR count). The maximum absolute atomic E-state index is 11.8. The molecule has 3 N–H and O–H groups in total. The van der Waals surface area contributed by atoms with E-state index in [0.717, 1.165) is 12.3 Å². The van der Waals surface area contributed by atoms with Crippen LogP contribution in [0.2, 0.25) is 5.02 Å². The molecule has 7 heteroatoms. The molecule has 0 heterocycles. The van der Waals surface area contributed by atoms with Crippen LogP contribution in [-0.2, 0) is 4.79 Å². The molecular formula is C18H29ClN4O2. The summed E-state index contributed by atoms with van der Waals surface area (Å²) in [6, 6.07) is 7.26. The van der Waals surface area contributed by atoms with E-state index in [0.29, 0.717) is 24.1 Å². The molecule has 1 unspecified atom stereocenters. The zero-order valence-corrected chi connectivity index (χ0v) is 16.4. The van der Waals surface area contributed by atoms with Crippen LogP contribution in [0.5, 0.6) is 5.75 Å². The molecule has 1 amide bonds. The van der Waals surface area contributed by atoms with E-state index in [1.807, 2.05) is 39.8 Å². The molecular weight excluding hydrogens is 340 g/mol. The lowest BCUT2D eigenvalue weighted by atomic mass is 9.93. The number of nitrogens with one attached hydrogen (secondary N) is 3. The predicted molar refractivity (Wildman–Crippen MR) is 103 cm³/mol. The van der Waals surface area contributed by atoms with Gasteiger partial charge in [-0.05, 0) is 52.0 Å². The van der Waals surface area contributed by atoms with Gasteiger partial charge in [0.15, 0.2) is 5.96 Å². The van der Waals surface area contributed by atoms with Gasteiger partial charge >= 0.3 is 0 Å². The molecule has 0 fully saturated rings. The molecule has 0 spiro atoms.